The number of hydrogen-bond acceptors (Lipinski definition) is 2. The molecule has 0 bridgehead atoms. The molecule has 15 heavy (non-hydrogen) atoms. The number of benzene rings is 1. The fourth-order valence-corrected chi connectivity index (χ4v) is 1.93. The fraction of sp³-hybridized carbons (Fsp3) is 0. The summed E-state index contributed by atoms with van der Waals surface area (Å²) >= 11 is 1.67. The molecule has 1 aromatic carbocycles. The lowest BCUT2D eigenvalue weighted by Crippen LogP contribution is -1.79. The molecule has 0 N–H and O–H groups in total. The maximum absolute atomic E-state index is 8.89. The molecule has 0 spiro atoms. The van der Waals surface area contributed by atoms with Gasteiger partial charge in [0.05, 0.1) is 11.6 Å². The number of thiophene rings is 1. The van der Waals surface area contributed by atoms with E-state index in [2.05, 4.69) is 17.5 Å². The molecule has 0 saturated heterocycles. The largest absolute Gasteiger partial charge is 0.192 e. The molecule has 2 aromatic rings. The van der Waals surface area contributed by atoms with Crippen molar-refractivity contribution in [3.63, 3.8) is 0 Å². The summed E-state index contributed by atoms with van der Waals surface area (Å²) in [5.74, 6) is 0. The highest BCUT2D eigenvalue weighted by atomic mass is 32.1. The molecule has 0 radical (unpaired) electrons. The standard InChI is InChI=1S/C13H9NS/c14-9-13-4-2-1-3-12(13)6-5-11-7-8-15-10-11/h1-8,10H/b6-5+. The first-order chi connectivity index (χ1) is 7.40. The summed E-state index contributed by atoms with van der Waals surface area (Å²) in [6.45, 7) is 0. The van der Waals surface area contributed by atoms with Crippen LogP contribution in [0.1, 0.15) is 16.7 Å². The van der Waals surface area contributed by atoms with Crippen LogP contribution in [0.3, 0.4) is 0 Å². The van der Waals surface area contributed by atoms with E-state index in [4.69, 9.17) is 5.26 Å². The van der Waals surface area contributed by atoms with E-state index >= 15 is 0 Å². The average Bonchev–Trinajstić information content (AvgIpc) is 2.79. The van der Waals surface area contributed by atoms with Gasteiger partial charge in [-0.15, -0.1) is 0 Å². The van der Waals surface area contributed by atoms with Gasteiger partial charge in [0.25, 0.3) is 0 Å². The Hall–Kier alpha value is -1.85. The summed E-state index contributed by atoms with van der Waals surface area (Å²) in [5, 5.41) is 13.0. The molecule has 0 aliphatic heterocycles. The van der Waals surface area contributed by atoms with Gasteiger partial charge in [-0.3, -0.25) is 0 Å². The third-order valence-electron chi connectivity index (χ3n) is 2.08. The van der Waals surface area contributed by atoms with Gasteiger partial charge in [-0.05, 0) is 34.0 Å². The lowest BCUT2D eigenvalue weighted by atomic mass is 10.1. The quantitative estimate of drug-likeness (QED) is 0.741. The molecular formula is C13H9NS. The zero-order chi connectivity index (χ0) is 10.5. The second-order valence-electron chi connectivity index (χ2n) is 3.09. The molecule has 1 nitrogen and oxygen atoms in total. The van der Waals surface area contributed by atoms with Crippen LogP contribution in [0, 0.1) is 11.3 Å². The summed E-state index contributed by atoms with van der Waals surface area (Å²) in [5.41, 5.74) is 2.85. The SMILES string of the molecule is N#Cc1ccccc1/C=C/c1ccsc1. The van der Waals surface area contributed by atoms with E-state index in [1.165, 1.54) is 5.56 Å². The van der Waals surface area contributed by atoms with Gasteiger partial charge >= 0.3 is 0 Å². The fourth-order valence-electron chi connectivity index (χ4n) is 1.30. The van der Waals surface area contributed by atoms with Gasteiger partial charge in [-0.1, -0.05) is 30.4 Å². The molecule has 0 atom stereocenters. The second-order valence-corrected chi connectivity index (χ2v) is 3.87. The first-order valence-electron chi connectivity index (χ1n) is 4.59. The predicted molar refractivity (Wildman–Crippen MR) is 64.4 cm³/mol. The van der Waals surface area contributed by atoms with Crippen LogP contribution in [-0.4, -0.2) is 0 Å². The maximum atomic E-state index is 8.89. The summed E-state index contributed by atoms with van der Waals surface area (Å²) in [4.78, 5) is 0. The molecule has 2 heteroatoms. The van der Waals surface area contributed by atoms with Gasteiger partial charge in [-0.2, -0.15) is 16.6 Å². The Labute approximate surface area is 92.9 Å². The Morgan fingerprint density at radius 3 is 2.73 bits per heavy atom. The summed E-state index contributed by atoms with van der Waals surface area (Å²) in [7, 11) is 0. The number of hydrogen-bond donors (Lipinski definition) is 0. The van der Waals surface area contributed by atoms with Crippen molar-refractivity contribution in [2.75, 3.05) is 0 Å². The van der Waals surface area contributed by atoms with Crippen molar-refractivity contribution >= 4 is 23.5 Å². The molecule has 0 amide bonds. The maximum Gasteiger partial charge on any atom is 0.0997 e. The van der Waals surface area contributed by atoms with Crippen LogP contribution in [0.5, 0.6) is 0 Å². The van der Waals surface area contributed by atoms with E-state index in [1.807, 2.05) is 41.8 Å². The Morgan fingerprint density at radius 2 is 2.00 bits per heavy atom. The van der Waals surface area contributed by atoms with Crippen molar-refractivity contribution in [2.24, 2.45) is 0 Å². The number of nitriles is 1. The number of nitrogens with zero attached hydrogens (tertiary/aromatic N) is 1. The minimum Gasteiger partial charge on any atom is -0.192 e. The molecule has 2 rings (SSSR count). The highest BCUT2D eigenvalue weighted by molar-refractivity contribution is 7.08. The molecule has 1 heterocycles. The van der Waals surface area contributed by atoms with Gasteiger partial charge in [0.2, 0.25) is 0 Å². The van der Waals surface area contributed by atoms with Crippen molar-refractivity contribution < 1.29 is 0 Å². The molecule has 72 valence electrons. The van der Waals surface area contributed by atoms with Crippen LogP contribution in [-0.2, 0) is 0 Å². The van der Waals surface area contributed by atoms with Crippen molar-refractivity contribution in [3.8, 4) is 6.07 Å². The number of rotatable bonds is 2. The minimum atomic E-state index is 0.712. The van der Waals surface area contributed by atoms with E-state index in [-0.39, 0.29) is 0 Å². The van der Waals surface area contributed by atoms with E-state index in [1.54, 1.807) is 11.3 Å². The smallest absolute Gasteiger partial charge is 0.0997 e. The van der Waals surface area contributed by atoms with Gasteiger partial charge < -0.3 is 0 Å². The summed E-state index contributed by atoms with van der Waals surface area (Å²) < 4.78 is 0. The van der Waals surface area contributed by atoms with E-state index in [0.29, 0.717) is 5.56 Å². The first kappa shape index (κ1) is 9.70. The van der Waals surface area contributed by atoms with Crippen LogP contribution < -0.4 is 0 Å². The van der Waals surface area contributed by atoms with Crippen LogP contribution >= 0.6 is 11.3 Å². The lowest BCUT2D eigenvalue weighted by molar-refractivity contribution is 1.47. The molecule has 0 fully saturated rings. The summed E-state index contributed by atoms with van der Waals surface area (Å²) in [6, 6.07) is 11.8. The first-order valence-corrected chi connectivity index (χ1v) is 5.54. The highest BCUT2D eigenvalue weighted by Crippen LogP contribution is 2.13. The Bertz CT molecular complexity index is 504. The normalized spacial score (nSPS) is 10.3. The van der Waals surface area contributed by atoms with Crippen molar-refractivity contribution in [3.05, 3.63) is 57.8 Å². The van der Waals surface area contributed by atoms with E-state index < -0.39 is 0 Å². The van der Waals surface area contributed by atoms with Crippen molar-refractivity contribution in [2.45, 2.75) is 0 Å². The molecule has 0 aliphatic rings. The molecule has 1 aromatic heterocycles. The van der Waals surface area contributed by atoms with Crippen LogP contribution in [0.15, 0.2) is 41.1 Å². The monoisotopic (exact) mass is 211 g/mol. The molecule has 0 aliphatic carbocycles. The molecular weight excluding hydrogens is 202 g/mol. The molecule has 0 saturated carbocycles. The predicted octanol–water partition coefficient (Wildman–Crippen LogP) is 3.79. The van der Waals surface area contributed by atoms with Crippen LogP contribution in [0.25, 0.3) is 12.2 Å². The van der Waals surface area contributed by atoms with E-state index in [0.717, 1.165) is 5.56 Å². The third kappa shape index (κ3) is 2.34. The Balaban J connectivity index is 2.29. The summed E-state index contributed by atoms with van der Waals surface area (Å²) in [6.07, 6.45) is 3.99. The van der Waals surface area contributed by atoms with Gasteiger partial charge in [-0.25, -0.2) is 0 Å². The van der Waals surface area contributed by atoms with Gasteiger partial charge in [0, 0.05) is 0 Å². The zero-order valence-electron chi connectivity index (χ0n) is 8.05. The topological polar surface area (TPSA) is 23.8 Å². The van der Waals surface area contributed by atoms with Gasteiger partial charge in [0.1, 0.15) is 0 Å². The highest BCUT2D eigenvalue weighted by Gasteiger charge is 1.95. The average molecular weight is 211 g/mol. The lowest BCUT2D eigenvalue weighted by Gasteiger charge is -1.95. The van der Waals surface area contributed by atoms with Crippen LogP contribution in [0.2, 0.25) is 0 Å². The minimum absolute atomic E-state index is 0.712. The zero-order valence-corrected chi connectivity index (χ0v) is 8.87. The third-order valence-corrected chi connectivity index (χ3v) is 2.78. The van der Waals surface area contributed by atoms with Crippen LogP contribution in [0.4, 0.5) is 0 Å². The molecule has 0 unspecified atom stereocenters. The Kier molecular flexibility index (Phi) is 2.96. The van der Waals surface area contributed by atoms with Crippen molar-refractivity contribution in [1.82, 2.24) is 0 Å². The van der Waals surface area contributed by atoms with Gasteiger partial charge in [0.15, 0.2) is 0 Å². The Morgan fingerprint density at radius 1 is 1.13 bits per heavy atom. The van der Waals surface area contributed by atoms with E-state index in [9.17, 15) is 0 Å². The second kappa shape index (κ2) is 4.59. The van der Waals surface area contributed by atoms with Crippen molar-refractivity contribution in [1.29, 1.82) is 5.26 Å².